The maximum atomic E-state index is 10.3. The first kappa shape index (κ1) is 8.69. The van der Waals surface area contributed by atoms with Crippen LogP contribution in [0.4, 0.5) is 0 Å². The van der Waals surface area contributed by atoms with E-state index in [-0.39, 0.29) is 0 Å². The Morgan fingerprint density at radius 3 is 2.79 bits per heavy atom. The standard InChI is InChI=1S/C11H10N2O/c14-7-6-10-8-12-13(9-10)11-4-2-1-3-5-11/h1-5,7-9H,6H2. The van der Waals surface area contributed by atoms with E-state index in [0.717, 1.165) is 17.5 Å². The van der Waals surface area contributed by atoms with Gasteiger partial charge in [-0.05, 0) is 17.7 Å². The number of para-hydroxylation sites is 1. The van der Waals surface area contributed by atoms with E-state index < -0.39 is 0 Å². The second-order valence-electron chi connectivity index (χ2n) is 3.00. The van der Waals surface area contributed by atoms with Crippen LogP contribution in [0.3, 0.4) is 0 Å². The zero-order chi connectivity index (χ0) is 9.80. The van der Waals surface area contributed by atoms with Crippen molar-refractivity contribution in [2.24, 2.45) is 0 Å². The molecule has 0 fully saturated rings. The Morgan fingerprint density at radius 1 is 1.29 bits per heavy atom. The minimum atomic E-state index is 0.423. The lowest BCUT2D eigenvalue weighted by Gasteiger charge is -1.98. The number of aromatic nitrogens is 2. The molecule has 0 saturated carbocycles. The highest BCUT2D eigenvalue weighted by atomic mass is 16.1. The molecule has 0 radical (unpaired) electrons. The van der Waals surface area contributed by atoms with Crippen molar-refractivity contribution < 1.29 is 4.79 Å². The van der Waals surface area contributed by atoms with Gasteiger partial charge in [-0.15, -0.1) is 0 Å². The van der Waals surface area contributed by atoms with Crippen molar-refractivity contribution in [3.05, 3.63) is 48.3 Å². The van der Waals surface area contributed by atoms with Crippen LogP contribution in [-0.2, 0) is 11.2 Å². The Morgan fingerprint density at radius 2 is 2.07 bits per heavy atom. The van der Waals surface area contributed by atoms with Gasteiger partial charge in [-0.1, -0.05) is 18.2 Å². The van der Waals surface area contributed by atoms with Crippen molar-refractivity contribution in [1.29, 1.82) is 0 Å². The van der Waals surface area contributed by atoms with E-state index >= 15 is 0 Å². The van der Waals surface area contributed by atoms with Crippen LogP contribution in [0.15, 0.2) is 42.7 Å². The third-order valence-electron chi connectivity index (χ3n) is 1.98. The monoisotopic (exact) mass is 186 g/mol. The molecule has 1 aromatic heterocycles. The Labute approximate surface area is 82.0 Å². The fourth-order valence-corrected chi connectivity index (χ4v) is 1.28. The molecule has 3 heteroatoms. The van der Waals surface area contributed by atoms with Crippen molar-refractivity contribution in [1.82, 2.24) is 9.78 Å². The number of hydrogen-bond donors (Lipinski definition) is 0. The summed E-state index contributed by atoms with van der Waals surface area (Å²) in [5.41, 5.74) is 1.94. The lowest BCUT2D eigenvalue weighted by atomic mass is 10.3. The summed E-state index contributed by atoms with van der Waals surface area (Å²) in [6.07, 6.45) is 4.88. The molecule has 2 rings (SSSR count). The van der Waals surface area contributed by atoms with Gasteiger partial charge in [0.05, 0.1) is 11.9 Å². The summed E-state index contributed by atoms with van der Waals surface area (Å²) in [6, 6.07) is 9.81. The van der Waals surface area contributed by atoms with Crippen LogP contribution in [0.25, 0.3) is 5.69 Å². The van der Waals surface area contributed by atoms with Gasteiger partial charge in [-0.2, -0.15) is 5.10 Å². The van der Waals surface area contributed by atoms with Crippen molar-refractivity contribution in [2.45, 2.75) is 6.42 Å². The lowest BCUT2D eigenvalue weighted by molar-refractivity contribution is -0.107. The molecule has 0 unspecified atom stereocenters. The number of benzene rings is 1. The van der Waals surface area contributed by atoms with Gasteiger partial charge in [-0.3, -0.25) is 0 Å². The summed E-state index contributed by atoms with van der Waals surface area (Å²) in [4.78, 5) is 10.3. The Kier molecular flexibility index (Phi) is 2.40. The highest BCUT2D eigenvalue weighted by Crippen LogP contribution is 2.07. The molecule has 0 aliphatic rings. The predicted octanol–water partition coefficient (Wildman–Crippen LogP) is 1.61. The molecule has 1 aromatic carbocycles. The largest absolute Gasteiger partial charge is 0.303 e. The highest BCUT2D eigenvalue weighted by Gasteiger charge is 1.98. The number of nitrogens with zero attached hydrogens (tertiary/aromatic N) is 2. The molecule has 0 aliphatic carbocycles. The molecule has 0 bridgehead atoms. The van der Waals surface area contributed by atoms with Gasteiger partial charge >= 0.3 is 0 Å². The molecule has 0 saturated heterocycles. The second kappa shape index (κ2) is 3.87. The highest BCUT2D eigenvalue weighted by molar-refractivity contribution is 5.54. The molecule has 0 atom stereocenters. The van der Waals surface area contributed by atoms with Gasteiger partial charge < -0.3 is 4.79 Å². The molecule has 3 nitrogen and oxygen atoms in total. The summed E-state index contributed by atoms with van der Waals surface area (Å²) >= 11 is 0. The van der Waals surface area contributed by atoms with Crippen molar-refractivity contribution in [3.8, 4) is 5.69 Å². The molecular formula is C11H10N2O. The number of aldehydes is 1. The topological polar surface area (TPSA) is 34.9 Å². The molecule has 14 heavy (non-hydrogen) atoms. The van der Waals surface area contributed by atoms with Crippen molar-refractivity contribution in [2.75, 3.05) is 0 Å². The smallest absolute Gasteiger partial charge is 0.124 e. The van der Waals surface area contributed by atoms with Crippen molar-refractivity contribution in [3.63, 3.8) is 0 Å². The Balaban J connectivity index is 2.29. The van der Waals surface area contributed by atoms with Gasteiger partial charge in [0, 0.05) is 12.6 Å². The second-order valence-corrected chi connectivity index (χ2v) is 3.00. The molecule has 1 heterocycles. The molecule has 0 N–H and O–H groups in total. The normalized spacial score (nSPS) is 10.0. The minimum Gasteiger partial charge on any atom is -0.303 e. The first-order chi connectivity index (χ1) is 6.90. The van der Waals surface area contributed by atoms with Gasteiger partial charge in [0.15, 0.2) is 0 Å². The summed E-state index contributed by atoms with van der Waals surface area (Å²) in [6.45, 7) is 0. The van der Waals surface area contributed by atoms with Crippen LogP contribution in [0, 0.1) is 0 Å². The number of rotatable bonds is 3. The van der Waals surface area contributed by atoms with Gasteiger partial charge in [0.1, 0.15) is 6.29 Å². The van der Waals surface area contributed by atoms with Crippen LogP contribution >= 0.6 is 0 Å². The van der Waals surface area contributed by atoms with Crippen LogP contribution in [0.5, 0.6) is 0 Å². The zero-order valence-corrected chi connectivity index (χ0v) is 7.63. The van der Waals surface area contributed by atoms with Gasteiger partial charge in [-0.25, -0.2) is 4.68 Å². The van der Waals surface area contributed by atoms with E-state index in [4.69, 9.17) is 0 Å². The third-order valence-corrected chi connectivity index (χ3v) is 1.98. The molecule has 70 valence electrons. The maximum Gasteiger partial charge on any atom is 0.124 e. The lowest BCUT2D eigenvalue weighted by Crippen LogP contribution is -1.92. The van der Waals surface area contributed by atoms with E-state index in [1.54, 1.807) is 10.9 Å². The molecule has 0 spiro atoms. The van der Waals surface area contributed by atoms with E-state index in [1.165, 1.54) is 0 Å². The minimum absolute atomic E-state index is 0.423. The van der Waals surface area contributed by atoms with Crippen molar-refractivity contribution >= 4 is 6.29 Å². The SMILES string of the molecule is O=CCc1cnn(-c2ccccc2)c1. The van der Waals surface area contributed by atoms with Gasteiger partial charge in [0.25, 0.3) is 0 Å². The van der Waals surface area contributed by atoms with E-state index in [9.17, 15) is 4.79 Å². The summed E-state index contributed by atoms with van der Waals surface area (Å²) in [5, 5.41) is 4.16. The van der Waals surface area contributed by atoms with Gasteiger partial charge in [0.2, 0.25) is 0 Å². The Bertz CT molecular complexity index is 420. The fourth-order valence-electron chi connectivity index (χ4n) is 1.28. The molecule has 2 aromatic rings. The number of carbonyl (C=O) groups is 1. The van der Waals surface area contributed by atoms with Crippen LogP contribution in [0.2, 0.25) is 0 Å². The van der Waals surface area contributed by atoms with E-state index in [0.29, 0.717) is 6.42 Å². The summed E-state index contributed by atoms with van der Waals surface area (Å²) in [5.74, 6) is 0. The molecule has 0 amide bonds. The predicted molar refractivity (Wildman–Crippen MR) is 53.3 cm³/mol. The number of carbonyl (C=O) groups excluding carboxylic acids is 1. The first-order valence-electron chi connectivity index (χ1n) is 4.43. The zero-order valence-electron chi connectivity index (χ0n) is 7.63. The van der Waals surface area contributed by atoms with Crippen LogP contribution < -0.4 is 0 Å². The fraction of sp³-hybridized carbons (Fsp3) is 0.0909. The maximum absolute atomic E-state index is 10.3. The van der Waals surface area contributed by atoms with E-state index in [2.05, 4.69) is 5.10 Å². The Hall–Kier alpha value is -1.90. The van der Waals surface area contributed by atoms with Crippen LogP contribution in [-0.4, -0.2) is 16.1 Å². The number of hydrogen-bond acceptors (Lipinski definition) is 2. The summed E-state index contributed by atoms with van der Waals surface area (Å²) < 4.78 is 1.76. The average Bonchev–Trinajstić information content (AvgIpc) is 2.68. The quantitative estimate of drug-likeness (QED) is 0.682. The molecule has 0 aliphatic heterocycles. The van der Waals surface area contributed by atoms with Crippen LogP contribution in [0.1, 0.15) is 5.56 Å². The average molecular weight is 186 g/mol. The summed E-state index contributed by atoms with van der Waals surface area (Å²) in [7, 11) is 0. The first-order valence-corrected chi connectivity index (χ1v) is 4.43. The van der Waals surface area contributed by atoms with E-state index in [1.807, 2.05) is 36.5 Å². The molecular weight excluding hydrogens is 176 g/mol. The third kappa shape index (κ3) is 1.71.